The molecule has 1 saturated heterocycles. The van der Waals surface area contributed by atoms with Crippen molar-refractivity contribution in [2.75, 3.05) is 31.1 Å². The van der Waals surface area contributed by atoms with Gasteiger partial charge in [0.1, 0.15) is 27.0 Å². The number of piperazine rings is 1. The average Bonchev–Trinajstić information content (AvgIpc) is 3.51. The van der Waals surface area contributed by atoms with Crippen LogP contribution in [0.25, 0.3) is 21.3 Å². The van der Waals surface area contributed by atoms with Gasteiger partial charge in [0.15, 0.2) is 0 Å². The lowest BCUT2D eigenvalue weighted by Crippen LogP contribution is -2.49. The summed E-state index contributed by atoms with van der Waals surface area (Å²) in [5.41, 5.74) is 2.03. The molecule has 7 rings (SSSR count). The van der Waals surface area contributed by atoms with Crippen molar-refractivity contribution in [2.24, 2.45) is 0 Å². The molecule has 8 nitrogen and oxygen atoms in total. The van der Waals surface area contributed by atoms with E-state index in [2.05, 4.69) is 14.9 Å². The van der Waals surface area contributed by atoms with E-state index in [0.29, 0.717) is 48.0 Å². The molecule has 0 unspecified atom stereocenters. The number of thiophene rings is 1. The van der Waals surface area contributed by atoms with E-state index in [1.807, 2.05) is 11.3 Å². The molecular weight excluding hydrogens is 468 g/mol. The Balaban J connectivity index is 1.21. The first-order chi connectivity index (χ1) is 16.6. The number of nitrogens with one attached hydrogen (secondary N) is 1. The summed E-state index contributed by atoms with van der Waals surface area (Å²) in [6, 6.07) is 3.57. The van der Waals surface area contributed by atoms with Crippen LogP contribution < -0.4 is 4.90 Å². The van der Waals surface area contributed by atoms with Crippen molar-refractivity contribution < 1.29 is 8.42 Å². The van der Waals surface area contributed by atoms with Crippen LogP contribution in [0.2, 0.25) is 0 Å². The van der Waals surface area contributed by atoms with Gasteiger partial charge in [-0.05, 0) is 56.2 Å². The fourth-order valence-electron chi connectivity index (χ4n) is 5.33. The Kier molecular flexibility index (Phi) is 4.72. The topological polar surface area (TPSA) is 95.1 Å². The summed E-state index contributed by atoms with van der Waals surface area (Å²) in [4.78, 5) is 22.5. The minimum absolute atomic E-state index is 0.302. The highest BCUT2D eigenvalue weighted by Gasteiger charge is 2.34. The first kappa shape index (κ1) is 20.8. The zero-order valence-corrected chi connectivity index (χ0v) is 20.5. The molecule has 2 aliphatic carbocycles. The van der Waals surface area contributed by atoms with E-state index < -0.39 is 10.0 Å². The second-order valence-electron chi connectivity index (χ2n) is 9.51. The number of hydrogen-bond acceptors (Lipinski definition) is 7. The smallest absolute Gasteiger partial charge is 0.245 e. The van der Waals surface area contributed by atoms with Crippen LogP contribution in [0.5, 0.6) is 0 Å². The van der Waals surface area contributed by atoms with Gasteiger partial charge in [0.25, 0.3) is 0 Å². The van der Waals surface area contributed by atoms with E-state index in [-0.39, 0.29) is 0 Å². The lowest BCUT2D eigenvalue weighted by Gasteiger charge is -2.35. The van der Waals surface area contributed by atoms with Crippen molar-refractivity contribution in [3.05, 3.63) is 40.8 Å². The Morgan fingerprint density at radius 2 is 1.88 bits per heavy atom. The van der Waals surface area contributed by atoms with Crippen LogP contribution in [0, 0.1) is 0 Å². The highest BCUT2D eigenvalue weighted by molar-refractivity contribution is 7.89. The van der Waals surface area contributed by atoms with Crippen molar-refractivity contribution in [2.45, 2.75) is 49.3 Å². The SMILES string of the molecule is O=S(=O)(c1c[nH]c2ncccc12)N1CCN(c2nc(C3CC3)nc3sc4c(c23)CCCC4)CC1. The fourth-order valence-corrected chi connectivity index (χ4v) is 8.17. The molecular formula is C24H26N6O2S2. The molecule has 0 bridgehead atoms. The summed E-state index contributed by atoms with van der Waals surface area (Å²) in [6.07, 6.45) is 10.3. The summed E-state index contributed by atoms with van der Waals surface area (Å²) < 4.78 is 28.5. The maximum Gasteiger partial charge on any atom is 0.245 e. The van der Waals surface area contributed by atoms with E-state index in [1.165, 1.54) is 41.5 Å². The van der Waals surface area contributed by atoms with E-state index in [9.17, 15) is 8.42 Å². The third-order valence-electron chi connectivity index (χ3n) is 7.32. The number of aromatic amines is 1. The normalized spacial score (nSPS) is 19.7. The zero-order chi connectivity index (χ0) is 22.9. The zero-order valence-electron chi connectivity index (χ0n) is 18.8. The molecule has 2 fully saturated rings. The minimum atomic E-state index is -3.60. The number of aryl methyl sites for hydroxylation is 2. The number of aromatic nitrogens is 4. The summed E-state index contributed by atoms with van der Waals surface area (Å²) in [7, 11) is -3.60. The molecule has 3 aliphatic rings. The van der Waals surface area contributed by atoms with Gasteiger partial charge in [-0.3, -0.25) is 0 Å². The van der Waals surface area contributed by atoms with Gasteiger partial charge in [0.05, 0.1) is 5.39 Å². The summed E-state index contributed by atoms with van der Waals surface area (Å²) in [5, 5.41) is 1.87. The lowest BCUT2D eigenvalue weighted by atomic mass is 9.97. The molecule has 1 aliphatic heterocycles. The summed E-state index contributed by atoms with van der Waals surface area (Å²) in [6.45, 7) is 2.12. The summed E-state index contributed by atoms with van der Waals surface area (Å²) >= 11 is 1.85. The van der Waals surface area contributed by atoms with Crippen LogP contribution >= 0.6 is 11.3 Å². The van der Waals surface area contributed by atoms with Crippen molar-refractivity contribution in [3.63, 3.8) is 0 Å². The second kappa shape index (κ2) is 7.73. The van der Waals surface area contributed by atoms with Gasteiger partial charge in [-0.15, -0.1) is 11.3 Å². The van der Waals surface area contributed by atoms with Crippen molar-refractivity contribution in [3.8, 4) is 0 Å². The van der Waals surface area contributed by atoms with Gasteiger partial charge in [0.2, 0.25) is 10.0 Å². The van der Waals surface area contributed by atoms with Crippen molar-refractivity contribution in [1.82, 2.24) is 24.2 Å². The van der Waals surface area contributed by atoms with E-state index in [1.54, 1.807) is 28.8 Å². The Morgan fingerprint density at radius 3 is 2.71 bits per heavy atom. The second-order valence-corrected chi connectivity index (χ2v) is 12.5. The predicted molar refractivity (Wildman–Crippen MR) is 133 cm³/mol. The molecule has 34 heavy (non-hydrogen) atoms. The molecule has 4 aromatic rings. The lowest BCUT2D eigenvalue weighted by molar-refractivity contribution is 0.384. The highest BCUT2D eigenvalue weighted by atomic mass is 32.2. The molecule has 0 atom stereocenters. The maximum atomic E-state index is 13.5. The van der Waals surface area contributed by atoms with Crippen LogP contribution in [0.1, 0.15) is 47.9 Å². The standard InChI is InChI=1S/C24H26N6O2S2/c31-34(32,19-14-26-22-17(19)5-3-9-25-22)30-12-10-29(11-13-30)23-20-16-4-1-2-6-18(16)33-24(20)28-21(27-23)15-7-8-15/h3,5,9,14-15H,1-2,4,6-8,10-13H2,(H,25,26). The monoisotopic (exact) mass is 494 g/mol. The third-order valence-corrected chi connectivity index (χ3v) is 10.4. The van der Waals surface area contributed by atoms with Crippen LogP contribution in [0.4, 0.5) is 5.82 Å². The van der Waals surface area contributed by atoms with Gasteiger partial charge < -0.3 is 9.88 Å². The van der Waals surface area contributed by atoms with Gasteiger partial charge >= 0.3 is 0 Å². The molecule has 1 N–H and O–H groups in total. The van der Waals surface area contributed by atoms with Crippen molar-refractivity contribution in [1.29, 1.82) is 0 Å². The van der Waals surface area contributed by atoms with E-state index >= 15 is 0 Å². The Labute approximate surface area is 202 Å². The van der Waals surface area contributed by atoms with Crippen LogP contribution in [0.15, 0.2) is 29.4 Å². The number of sulfonamides is 1. The molecule has 176 valence electrons. The van der Waals surface area contributed by atoms with Crippen LogP contribution in [-0.4, -0.2) is 58.8 Å². The largest absolute Gasteiger partial charge is 0.353 e. The number of nitrogens with zero attached hydrogens (tertiary/aromatic N) is 5. The molecule has 1 saturated carbocycles. The van der Waals surface area contributed by atoms with Gasteiger partial charge in [-0.2, -0.15) is 4.31 Å². The fraction of sp³-hybridized carbons (Fsp3) is 0.458. The molecule has 10 heteroatoms. The first-order valence-electron chi connectivity index (χ1n) is 12.1. The Morgan fingerprint density at radius 1 is 1.06 bits per heavy atom. The Hall–Kier alpha value is -2.56. The predicted octanol–water partition coefficient (Wildman–Crippen LogP) is 3.83. The molecule has 4 aromatic heterocycles. The van der Waals surface area contributed by atoms with E-state index in [4.69, 9.17) is 9.97 Å². The Bertz CT molecular complexity index is 1510. The molecule has 0 radical (unpaired) electrons. The summed E-state index contributed by atoms with van der Waals surface area (Å²) in [5.74, 6) is 2.49. The number of hydrogen-bond donors (Lipinski definition) is 1. The average molecular weight is 495 g/mol. The number of H-pyrrole nitrogens is 1. The number of rotatable bonds is 4. The van der Waals surface area contributed by atoms with Gasteiger partial charge in [-0.25, -0.2) is 23.4 Å². The van der Waals surface area contributed by atoms with Crippen LogP contribution in [0.3, 0.4) is 0 Å². The van der Waals surface area contributed by atoms with E-state index in [0.717, 1.165) is 29.3 Å². The first-order valence-corrected chi connectivity index (χ1v) is 14.3. The molecule has 0 spiro atoms. The number of fused-ring (bicyclic) bond motifs is 4. The molecule has 0 aromatic carbocycles. The van der Waals surface area contributed by atoms with Crippen molar-refractivity contribution >= 4 is 48.4 Å². The number of anilines is 1. The van der Waals surface area contributed by atoms with Gasteiger partial charge in [0, 0.05) is 54.8 Å². The van der Waals surface area contributed by atoms with Crippen LogP contribution in [-0.2, 0) is 22.9 Å². The molecule has 0 amide bonds. The minimum Gasteiger partial charge on any atom is -0.353 e. The third kappa shape index (κ3) is 3.26. The maximum absolute atomic E-state index is 13.5. The number of pyridine rings is 1. The molecule has 5 heterocycles. The van der Waals surface area contributed by atoms with Gasteiger partial charge in [-0.1, -0.05) is 0 Å². The quantitative estimate of drug-likeness (QED) is 0.463. The highest BCUT2D eigenvalue weighted by Crippen LogP contribution is 2.44.